The fourth-order valence-electron chi connectivity index (χ4n) is 1.47. The molecular weight excluding hydrogens is 226 g/mol. The number of aromatic carboxylic acids is 1. The van der Waals surface area contributed by atoms with Gasteiger partial charge in [-0.2, -0.15) is 0 Å². The number of carboxylic acid groups (broad SMARTS) is 1. The van der Waals surface area contributed by atoms with Gasteiger partial charge in [0.1, 0.15) is 11.3 Å². The van der Waals surface area contributed by atoms with Crippen molar-refractivity contribution in [1.29, 1.82) is 0 Å². The van der Waals surface area contributed by atoms with Crippen molar-refractivity contribution < 1.29 is 19.2 Å². The van der Waals surface area contributed by atoms with E-state index in [0.29, 0.717) is 11.3 Å². The normalized spacial score (nSPS) is 10.2. The predicted octanol–water partition coefficient (Wildman–Crippen LogP) is 1.34. The molecule has 0 saturated heterocycles. The highest BCUT2D eigenvalue weighted by molar-refractivity contribution is 5.93. The van der Waals surface area contributed by atoms with E-state index in [-0.39, 0.29) is 11.3 Å². The molecule has 1 heterocycles. The molecule has 17 heavy (non-hydrogen) atoms. The van der Waals surface area contributed by atoms with Gasteiger partial charge < -0.3 is 14.4 Å². The molecule has 0 aliphatic carbocycles. The summed E-state index contributed by atoms with van der Waals surface area (Å²) in [6, 6.07) is 6.44. The van der Waals surface area contributed by atoms with E-state index in [1.165, 1.54) is 7.11 Å². The van der Waals surface area contributed by atoms with E-state index in [2.05, 4.69) is 9.68 Å². The minimum atomic E-state index is -1.25. The Morgan fingerprint density at radius 3 is 2.53 bits per heavy atom. The highest BCUT2D eigenvalue weighted by Gasteiger charge is 2.19. The minimum absolute atomic E-state index is 0.000142. The lowest BCUT2D eigenvalue weighted by molar-refractivity contribution is 0.0686. The van der Waals surface area contributed by atoms with Gasteiger partial charge in [0.2, 0.25) is 0 Å². The summed E-state index contributed by atoms with van der Waals surface area (Å²) in [5.41, 5.74) is -0.522. The number of aromatic amines is 1. The monoisotopic (exact) mass is 235 g/mol. The zero-order chi connectivity index (χ0) is 12.4. The maximum Gasteiger partial charge on any atom is 0.365 e. The van der Waals surface area contributed by atoms with Crippen molar-refractivity contribution in [2.24, 2.45) is 0 Å². The Balaban J connectivity index is 2.55. The number of hydrogen-bond acceptors (Lipinski definition) is 4. The smallest absolute Gasteiger partial charge is 0.365 e. The van der Waals surface area contributed by atoms with Gasteiger partial charge >= 0.3 is 11.6 Å². The van der Waals surface area contributed by atoms with Crippen LogP contribution in [0.1, 0.15) is 10.5 Å². The molecule has 0 aliphatic heterocycles. The molecule has 88 valence electrons. The van der Waals surface area contributed by atoms with Gasteiger partial charge in [-0.05, 0) is 17.7 Å². The Morgan fingerprint density at radius 1 is 1.35 bits per heavy atom. The standard InChI is InChI=1S/C11H9NO5/c1-16-7-4-2-6(3-5-7)8-9(10(13)14)12-17-11(8)15/h2-5,12H,1H3,(H,13,14). The molecule has 6 heteroatoms. The van der Waals surface area contributed by atoms with Crippen molar-refractivity contribution in [3.05, 3.63) is 40.4 Å². The third-order valence-corrected chi connectivity index (χ3v) is 2.29. The first-order chi connectivity index (χ1) is 8.13. The molecule has 1 aromatic carbocycles. The molecule has 2 rings (SSSR count). The van der Waals surface area contributed by atoms with Crippen molar-refractivity contribution in [3.8, 4) is 16.9 Å². The van der Waals surface area contributed by atoms with Crippen LogP contribution in [0.5, 0.6) is 5.75 Å². The van der Waals surface area contributed by atoms with Crippen LogP contribution in [-0.4, -0.2) is 23.3 Å². The SMILES string of the molecule is COc1ccc(-c2c(C(=O)O)[nH]oc2=O)cc1. The Hall–Kier alpha value is -2.50. The van der Waals surface area contributed by atoms with Crippen LogP contribution in [-0.2, 0) is 0 Å². The lowest BCUT2D eigenvalue weighted by atomic mass is 10.1. The molecule has 0 atom stereocenters. The summed E-state index contributed by atoms with van der Waals surface area (Å²) in [5, 5.41) is 11.0. The van der Waals surface area contributed by atoms with Crippen LogP contribution >= 0.6 is 0 Å². The van der Waals surface area contributed by atoms with E-state index in [9.17, 15) is 9.59 Å². The summed E-state index contributed by atoms with van der Waals surface area (Å²) in [5.74, 6) is -0.632. The number of nitrogens with one attached hydrogen (secondary N) is 1. The molecule has 0 spiro atoms. The van der Waals surface area contributed by atoms with Gasteiger partial charge in [-0.25, -0.2) is 14.7 Å². The van der Waals surface area contributed by atoms with Gasteiger partial charge in [-0.3, -0.25) is 0 Å². The number of aromatic nitrogens is 1. The summed E-state index contributed by atoms with van der Waals surface area (Å²) in [4.78, 5) is 22.3. The van der Waals surface area contributed by atoms with Gasteiger partial charge in [0, 0.05) is 0 Å². The van der Waals surface area contributed by atoms with Crippen LogP contribution < -0.4 is 10.4 Å². The second-order valence-electron chi connectivity index (χ2n) is 3.28. The fourth-order valence-corrected chi connectivity index (χ4v) is 1.47. The number of hydrogen-bond donors (Lipinski definition) is 2. The number of ether oxygens (including phenoxy) is 1. The van der Waals surface area contributed by atoms with Gasteiger partial charge in [-0.1, -0.05) is 12.1 Å². The Kier molecular flexibility index (Phi) is 2.70. The maximum absolute atomic E-state index is 11.4. The largest absolute Gasteiger partial charge is 0.497 e. The number of carboxylic acids is 1. The lowest BCUT2D eigenvalue weighted by Crippen LogP contribution is -2.03. The van der Waals surface area contributed by atoms with E-state index in [0.717, 1.165) is 0 Å². The van der Waals surface area contributed by atoms with Crippen molar-refractivity contribution in [2.45, 2.75) is 0 Å². The van der Waals surface area contributed by atoms with Gasteiger partial charge in [0.25, 0.3) is 0 Å². The summed E-state index contributed by atoms with van der Waals surface area (Å²) in [6.07, 6.45) is 0. The van der Waals surface area contributed by atoms with Crippen LogP contribution in [0.25, 0.3) is 11.1 Å². The van der Waals surface area contributed by atoms with E-state index >= 15 is 0 Å². The summed E-state index contributed by atoms with van der Waals surface area (Å²) in [6.45, 7) is 0. The third kappa shape index (κ3) is 1.92. The summed E-state index contributed by atoms with van der Waals surface area (Å²) >= 11 is 0. The van der Waals surface area contributed by atoms with Crippen LogP contribution in [0.3, 0.4) is 0 Å². The van der Waals surface area contributed by atoms with Gasteiger partial charge in [0.05, 0.1) is 7.11 Å². The number of carbonyl (C=O) groups is 1. The second kappa shape index (κ2) is 4.17. The molecule has 1 aromatic heterocycles. The quantitative estimate of drug-likeness (QED) is 0.837. The van der Waals surface area contributed by atoms with Crippen molar-refractivity contribution in [2.75, 3.05) is 7.11 Å². The summed E-state index contributed by atoms with van der Waals surface area (Å²) in [7, 11) is 1.52. The first-order valence-corrected chi connectivity index (χ1v) is 4.72. The van der Waals surface area contributed by atoms with E-state index in [1.807, 2.05) is 0 Å². The van der Waals surface area contributed by atoms with Crippen LogP contribution in [0.4, 0.5) is 0 Å². The third-order valence-electron chi connectivity index (χ3n) is 2.29. The molecule has 2 N–H and O–H groups in total. The number of H-pyrrole nitrogens is 1. The first kappa shape index (κ1) is 11.0. The molecule has 2 aromatic rings. The number of rotatable bonds is 3. The fraction of sp³-hybridized carbons (Fsp3) is 0.0909. The number of methoxy groups -OCH3 is 1. The Morgan fingerprint density at radius 2 is 2.00 bits per heavy atom. The highest BCUT2D eigenvalue weighted by Crippen LogP contribution is 2.22. The van der Waals surface area contributed by atoms with E-state index in [1.54, 1.807) is 24.3 Å². The second-order valence-corrected chi connectivity index (χ2v) is 3.28. The van der Waals surface area contributed by atoms with Gasteiger partial charge in [0.15, 0.2) is 5.69 Å². The van der Waals surface area contributed by atoms with Crippen molar-refractivity contribution >= 4 is 5.97 Å². The topological polar surface area (TPSA) is 92.5 Å². The predicted molar refractivity (Wildman–Crippen MR) is 58.3 cm³/mol. The Labute approximate surface area is 95.4 Å². The molecule has 0 saturated carbocycles. The van der Waals surface area contributed by atoms with E-state index < -0.39 is 11.6 Å². The zero-order valence-corrected chi connectivity index (χ0v) is 8.89. The molecule has 6 nitrogen and oxygen atoms in total. The Bertz CT molecular complexity index is 593. The van der Waals surface area contributed by atoms with Crippen LogP contribution in [0, 0.1) is 0 Å². The number of benzene rings is 1. The average molecular weight is 235 g/mol. The van der Waals surface area contributed by atoms with Gasteiger partial charge in [-0.15, -0.1) is 0 Å². The molecule has 0 radical (unpaired) electrons. The summed E-state index contributed by atoms with van der Waals surface area (Å²) < 4.78 is 9.44. The molecular formula is C11H9NO5. The molecule has 0 fully saturated rings. The van der Waals surface area contributed by atoms with Crippen molar-refractivity contribution in [1.82, 2.24) is 5.16 Å². The van der Waals surface area contributed by atoms with Crippen molar-refractivity contribution in [3.63, 3.8) is 0 Å². The van der Waals surface area contributed by atoms with E-state index in [4.69, 9.17) is 9.84 Å². The molecule has 0 bridgehead atoms. The van der Waals surface area contributed by atoms with Crippen LogP contribution in [0.2, 0.25) is 0 Å². The highest BCUT2D eigenvalue weighted by atomic mass is 16.5. The molecule has 0 unspecified atom stereocenters. The van der Waals surface area contributed by atoms with Crippen LogP contribution in [0.15, 0.2) is 33.6 Å². The minimum Gasteiger partial charge on any atom is -0.497 e. The maximum atomic E-state index is 11.4. The molecule has 0 amide bonds. The lowest BCUT2D eigenvalue weighted by Gasteiger charge is -2.01. The first-order valence-electron chi connectivity index (χ1n) is 4.72. The zero-order valence-electron chi connectivity index (χ0n) is 8.89. The molecule has 0 aliphatic rings. The average Bonchev–Trinajstić information content (AvgIpc) is 2.71.